The molecule has 0 unspecified atom stereocenters. The number of benzene rings is 1. The summed E-state index contributed by atoms with van der Waals surface area (Å²) in [6.45, 7) is 5.96. The van der Waals surface area contributed by atoms with Crippen LogP contribution in [0.15, 0.2) is 36.7 Å². The molecule has 1 aromatic carbocycles. The fraction of sp³-hybridized carbons (Fsp3) is 0.286. The highest BCUT2D eigenvalue weighted by Crippen LogP contribution is 2.20. The maximum atomic E-state index is 11.8. The molecule has 0 saturated heterocycles. The van der Waals surface area contributed by atoms with Crippen molar-refractivity contribution in [3.05, 3.63) is 42.2 Å². The highest BCUT2D eigenvalue weighted by molar-refractivity contribution is 6.03. The van der Waals surface area contributed by atoms with Crippen LogP contribution in [0, 0.1) is 0 Å². The molecule has 0 fully saturated rings. The van der Waals surface area contributed by atoms with Gasteiger partial charge in [-0.3, -0.25) is 9.89 Å². The van der Waals surface area contributed by atoms with Crippen LogP contribution in [0.1, 0.15) is 31.1 Å². The van der Waals surface area contributed by atoms with E-state index in [9.17, 15) is 4.79 Å². The second kappa shape index (κ2) is 5.14. The van der Waals surface area contributed by atoms with Crippen LogP contribution >= 0.6 is 0 Å². The number of aromatic amines is 1. The topological polar surface area (TPSA) is 67.0 Å². The summed E-state index contributed by atoms with van der Waals surface area (Å²) in [6.07, 6.45) is 3.03. The third-order valence-electron chi connectivity index (χ3n) is 2.30. The van der Waals surface area contributed by atoms with Crippen molar-refractivity contribution in [2.45, 2.75) is 26.4 Å². The SMILES string of the molecule is CC(C)(C)Oc1ccc(NC(=O)c2cn[nH]c2)cc1. The summed E-state index contributed by atoms with van der Waals surface area (Å²) in [4.78, 5) is 11.8. The molecule has 100 valence electrons. The van der Waals surface area contributed by atoms with Gasteiger partial charge in [-0.2, -0.15) is 5.10 Å². The zero-order valence-electron chi connectivity index (χ0n) is 11.2. The van der Waals surface area contributed by atoms with Gasteiger partial charge in [-0.25, -0.2) is 0 Å². The highest BCUT2D eigenvalue weighted by Gasteiger charge is 2.12. The molecule has 0 saturated carbocycles. The monoisotopic (exact) mass is 259 g/mol. The first-order chi connectivity index (χ1) is 8.94. The van der Waals surface area contributed by atoms with Crippen molar-refractivity contribution in [3.63, 3.8) is 0 Å². The van der Waals surface area contributed by atoms with Crippen molar-refractivity contribution in [1.82, 2.24) is 10.2 Å². The molecule has 0 radical (unpaired) electrons. The molecule has 1 aromatic heterocycles. The van der Waals surface area contributed by atoms with Crippen molar-refractivity contribution < 1.29 is 9.53 Å². The average molecular weight is 259 g/mol. The number of anilines is 1. The van der Waals surface area contributed by atoms with Gasteiger partial charge in [-0.1, -0.05) is 0 Å². The molecule has 19 heavy (non-hydrogen) atoms. The number of rotatable bonds is 3. The number of hydrogen-bond acceptors (Lipinski definition) is 3. The second-order valence-corrected chi connectivity index (χ2v) is 5.18. The summed E-state index contributed by atoms with van der Waals surface area (Å²) in [7, 11) is 0. The summed E-state index contributed by atoms with van der Waals surface area (Å²) in [5.41, 5.74) is 0.976. The standard InChI is InChI=1S/C14H17N3O2/c1-14(2,3)19-12-6-4-11(5-7-12)17-13(18)10-8-15-16-9-10/h4-9H,1-3H3,(H,15,16)(H,17,18). The van der Waals surface area contributed by atoms with E-state index < -0.39 is 0 Å². The molecule has 5 heteroatoms. The molecule has 0 spiro atoms. The Morgan fingerprint density at radius 2 is 1.95 bits per heavy atom. The van der Waals surface area contributed by atoms with Crippen molar-refractivity contribution in [2.24, 2.45) is 0 Å². The maximum absolute atomic E-state index is 11.8. The molecular formula is C14H17N3O2. The Morgan fingerprint density at radius 3 is 2.47 bits per heavy atom. The number of H-pyrrole nitrogens is 1. The van der Waals surface area contributed by atoms with Crippen LogP contribution in [0.3, 0.4) is 0 Å². The Kier molecular flexibility index (Phi) is 3.55. The van der Waals surface area contributed by atoms with E-state index in [4.69, 9.17) is 4.74 Å². The number of carbonyl (C=O) groups is 1. The number of aromatic nitrogens is 2. The molecule has 0 aliphatic rings. The number of carbonyl (C=O) groups excluding carboxylic acids is 1. The number of hydrogen-bond donors (Lipinski definition) is 2. The molecular weight excluding hydrogens is 242 g/mol. The Balaban J connectivity index is 2.01. The first-order valence-corrected chi connectivity index (χ1v) is 6.03. The van der Waals surface area contributed by atoms with Gasteiger partial charge in [0.1, 0.15) is 11.4 Å². The number of ether oxygens (including phenoxy) is 1. The summed E-state index contributed by atoms with van der Waals surface area (Å²) in [5, 5.41) is 9.11. The minimum absolute atomic E-state index is 0.196. The molecule has 2 N–H and O–H groups in total. The molecule has 5 nitrogen and oxygen atoms in total. The largest absolute Gasteiger partial charge is 0.488 e. The Labute approximate surface area is 112 Å². The fourth-order valence-electron chi connectivity index (χ4n) is 1.54. The molecule has 2 aromatic rings. The van der Waals surface area contributed by atoms with Gasteiger partial charge >= 0.3 is 0 Å². The van der Waals surface area contributed by atoms with Crippen molar-refractivity contribution >= 4 is 11.6 Å². The van der Waals surface area contributed by atoms with Crippen LogP contribution in [0.25, 0.3) is 0 Å². The Hall–Kier alpha value is -2.30. The second-order valence-electron chi connectivity index (χ2n) is 5.18. The predicted octanol–water partition coefficient (Wildman–Crippen LogP) is 2.84. The zero-order valence-corrected chi connectivity index (χ0v) is 11.2. The maximum Gasteiger partial charge on any atom is 0.258 e. The van der Waals surface area contributed by atoms with Crippen LogP contribution in [-0.4, -0.2) is 21.7 Å². The average Bonchev–Trinajstić information content (AvgIpc) is 2.83. The summed E-state index contributed by atoms with van der Waals surface area (Å²) < 4.78 is 5.71. The number of nitrogens with zero attached hydrogens (tertiary/aromatic N) is 1. The van der Waals surface area contributed by atoms with E-state index in [1.54, 1.807) is 18.3 Å². The van der Waals surface area contributed by atoms with Crippen LogP contribution in [0.2, 0.25) is 0 Å². The van der Waals surface area contributed by atoms with Gasteiger partial charge < -0.3 is 10.1 Å². The third-order valence-corrected chi connectivity index (χ3v) is 2.30. The minimum atomic E-state index is -0.235. The van der Waals surface area contributed by atoms with Gasteiger partial charge in [0.15, 0.2) is 0 Å². The third kappa shape index (κ3) is 3.84. The van der Waals surface area contributed by atoms with Crippen molar-refractivity contribution in [3.8, 4) is 5.75 Å². The van der Waals surface area contributed by atoms with Gasteiger partial charge in [0.2, 0.25) is 0 Å². The van der Waals surface area contributed by atoms with E-state index in [0.29, 0.717) is 11.3 Å². The van der Waals surface area contributed by atoms with E-state index in [-0.39, 0.29) is 11.5 Å². The zero-order chi connectivity index (χ0) is 13.9. The Morgan fingerprint density at radius 1 is 1.26 bits per heavy atom. The van der Waals surface area contributed by atoms with E-state index >= 15 is 0 Å². The first kappa shape index (κ1) is 13.1. The van der Waals surface area contributed by atoms with Gasteiger partial charge in [0.05, 0.1) is 11.8 Å². The van der Waals surface area contributed by atoms with Crippen LogP contribution in [0.4, 0.5) is 5.69 Å². The molecule has 0 aliphatic heterocycles. The lowest BCUT2D eigenvalue weighted by atomic mass is 10.2. The van der Waals surface area contributed by atoms with Crippen molar-refractivity contribution in [2.75, 3.05) is 5.32 Å². The summed E-state index contributed by atoms with van der Waals surface area (Å²) in [6, 6.07) is 7.27. The lowest BCUT2D eigenvalue weighted by molar-refractivity contribution is 0.102. The quantitative estimate of drug-likeness (QED) is 0.890. The van der Waals surface area contributed by atoms with E-state index in [1.165, 1.54) is 6.20 Å². The van der Waals surface area contributed by atoms with Crippen LogP contribution in [-0.2, 0) is 0 Å². The minimum Gasteiger partial charge on any atom is -0.488 e. The van der Waals surface area contributed by atoms with E-state index in [0.717, 1.165) is 5.75 Å². The molecule has 0 aliphatic carbocycles. The normalized spacial score (nSPS) is 11.1. The van der Waals surface area contributed by atoms with Gasteiger partial charge in [-0.15, -0.1) is 0 Å². The number of amides is 1. The van der Waals surface area contributed by atoms with Crippen LogP contribution < -0.4 is 10.1 Å². The highest BCUT2D eigenvalue weighted by atomic mass is 16.5. The number of nitrogens with one attached hydrogen (secondary N) is 2. The predicted molar refractivity (Wildman–Crippen MR) is 73.4 cm³/mol. The van der Waals surface area contributed by atoms with Gasteiger partial charge in [0.25, 0.3) is 5.91 Å². The molecule has 2 rings (SSSR count). The lowest BCUT2D eigenvalue weighted by Gasteiger charge is -2.21. The summed E-state index contributed by atoms with van der Waals surface area (Å²) in [5.74, 6) is 0.576. The molecule has 1 amide bonds. The first-order valence-electron chi connectivity index (χ1n) is 6.03. The smallest absolute Gasteiger partial charge is 0.258 e. The van der Waals surface area contributed by atoms with E-state index in [1.807, 2.05) is 32.9 Å². The Bertz CT molecular complexity index is 539. The van der Waals surface area contributed by atoms with E-state index in [2.05, 4.69) is 15.5 Å². The lowest BCUT2D eigenvalue weighted by Crippen LogP contribution is -2.22. The molecule has 1 heterocycles. The fourth-order valence-corrected chi connectivity index (χ4v) is 1.54. The van der Waals surface area contributed by atoms with Crippen LogP contribution in [0.5, 0.6) is 5.75 Å². The van der Waals surface area contributed by atoms with Gasteiger partial charge in [-0.05, 0) is 45.0 Å². The van der Waals surface area contributed by atoms with Gasteiger partial charge in [0, 0.05) is 11.9 Å². The molecule has 0 bridgehead atoms. The molecule has 0 atom stereocenters. The summed E-state index contributed by atoms with van der Waals surface area (Å²) >= 11 is 0. The van der Waals surface area contributed by atoms with Crippen molar-refractivity contribution in [1.29, 1.82) is 0 Å².